The average Bonchev–Trinajstić information content (AvgIpc) is 2.55. The maximum Gasteiger partial charge on any atom is 0.337 e. The first-order chi connectivity index (χ1) is 10.2. The molecule has 3 rings (SSSR count). The summed E-state index contributed by atoms with van der Waals surface area (Å²) in [5, 5.41) is 6.98. The molecule has 0 atom stereocenters. The van der Waals surface area contributed by atoms with E-state index in [0.29, 0.717) is 22.2 Å². The van der Waals surface area contributed by atoms with E-state index in [-0.39, 0.29) is 5.56 Å². The quantitative estimate of drug-likeness (QED) is 0.724. The maximum atomic E-state index is 11.7. The summed E-state index contributed by atoms with van der Waals surface area (Å²) >= 11 is 0. The fourth-order valence-electron chi connectivity index (χ4n) is 2.08. The Labute approximate surface area is 119 Å². The van der Waals surface area contributed by atoms with Gasteiger partial charge in [0.15, 0.2) is 0 Å². The predicted molar refractivity (Wildman–Crippen MR) is 76.9 cm³/mol. The van der Waals surface area contributed by atoms with Crippen LogP contribution in [0.3, 0.4) is 0 Å². The molecule has 104 valence electrons. The van der Waals surface area contributed by atoms with Crippen LogP contribution in [0, 0.1) is 0 Å². The van der Waals surface area contributed by atoms with E-state index in [9.17, 15) is 9.59 Å². The Morgan fingerprint density at radius 1 is 1.19 bits per heavy atom. The molecule has 3 aromatic rings. The summed E-state index contributed by atoms with van der Waals surface area (Å²) in [5.41, 5.74) is 1.99. The molecular formula is C15H11N3O3. The fraction of sp³-hybridized carbons (Fsp3) is 0.0667. The lowest BCUT2D eigenvalue weighted by Crippen LogP contribution is -2.10. The molecule has 0 aliphatic carbocycles. The molecule has 21 heavy (non-hydrogen) atoms. The third-order valence-corrected chi connectivity index (χ3v) is 3.13. The van der Waals surface area contributed by atoms with Crippen molar-refractivity contribution in [3.63, 3.8) is 0 Å². The number of hydrogen-bond donors (Lipinski definition) is 1. The fourth-order valence-corrected chi connectivity index (χ4v) is 2.08. The molecule has 0 radical (unpaired) electrons. The number of fused-ring (bicyclic) bond motifs is 1. The van der Waals surface area contributed by atoms with Crippen LogP contribution in [-0.4, -0.2) is 28.3 Å². The molecule has 6 heteroatoms. The minimum Gasteiger partial charge on any atom is -0.465 e. The van der Waals surface area contributed by atoms with E-state index in [0.717, 1.165) is 5.56 Å². The number of pyridine rings is 1. The molecule has 0 saturated heterocycles. The third kappa shape index (κ3) is 2.27. The molecule has 2 heterocycles. The van der Waals surface area contributed by atoms with Gasteiger partial charge < -0.3 is 4.74 Å². The second-order valence-corrected chi connectivity index (χ2v) is 4.37. The van der Waals surface area contributed by atoms with Gasteiger partial charge in [0.2, 0.25) is 0 Å². The van der Waals surface area contributed by atoms with Crippen LogP contribution in [0.4, 0.5) is 0 Å². The van der Waals surface area contributed by atoms with Crippen molar-refractivity contribution in [2.24, 2.45) is 0 Å². The summed E-state index contributed by atoms with van der Waals surface area (Å²) in [6.07, 6.45) is 1.61. The summed E-state index contributed by atoms with van der Waals surface area (Å²) in [4.78, 5) is 27.4. The number of nitrogens with zero attached hydrogens (tertiary/aromatic N) is 2. The Hall–Kier alpha value is -3.02. The lowest BCUT2D eigenvalue weighted by Gasteiger charge is -2.05. The van der Waals surface area contributed by atoms with Gasteiger partial charge in [-0.1, -0.05) is 12.1 Å². The van der Waals surface area contributed by atoms with Crippen molar-refractivity contribution in [1.29, 1.82) is 0 Å². The molecule has 0 spiro atoms. The van der Waals surface area contributed by atoms with E-state index in [4.69, 9.17) is 0 Å². The number of aromatic amines is 1. The lowest BCUT2D eigenvalue weighted by molar-refractivity contribution is 0.0601. The number of H-pyrrole nitrogens is 1. The molecule has 0 aliphatic heterocycles. The number of carbonyl (C=O) groups excluding carboxylic acids is 1. The van der Waals surface area contributed by atoms with Gasteiger partial charge in [-0.05, 0) is 24.3 Å². The highest BCUT2D eigenvalue weighted by Crippen LogP contribution is 2.22. The van der Waals surface area contributed by atoms with Gasteiger partial charge in [-0.2, -0.15) is 5.10 Å². The first-order valence-corrected chi connectivity index (χ1v) is 6.23. The largest absolute Gasteiger partial charge is 0.465 e. The molecule has 1 aromatic carbocycles. The average molecular weight is 281 g/mol. The SMILES string of the molecule is COC(=O)c1ccc(-c2n[nH]c(=O)c3cccnc23)cc1. The minimum atomic E-state index is -0.404. The molecular weight excluding hydrogens is 270 g/mol. The van der Waals surface area contributed by atoms with Crippen molar-refractivity contribution in [1.82, 2.24) is 15.2 Å². The van der Waals surface area contributed by atoms with E-state index in [2.05, 4.69) is 19.9 Å². The number of nitrogens with one attached hydrogen (secondary N) is 1. The van der Waals surface area contributed by atoms with Gasteiger partial charge in [0.05, 0.1) is 18.1 Å². The molecule has 6 nitrogen and oxygen atoms in total. The molecule has 0 unspecified atom stereocenters. The van der Waals surface area contributed by atoms with E-state index in [1.54, 1.807) is 42.6 Å². The van der Waals surface area contributed by atoms with Crippen molar-refractivity contribution in [2.75, 3.05) is 7.11 Å². The molecule has 2 aromatic heterocycles. The number of hydrogen-bond acceptors (Lipinski definition) is 5. The normalized spacial score (nSPS) is 10.5. The zero-order valence-electron chi connectivity index (χ0n) is 11.2. The second-order valence-electron chi connectivity index (χ2n) is 4.37. The highest BCUT2D eigenvalue weighted by atomic mass is 16.5. The maximum absolute atomic E-state index is 11.7. The van der Waals surface area contributed by atoms with Gasteiger partial charge in [0, 0.05) is 11.8 Å². The molecule has 0 aliphatic rings. The summed E-state index contributed by atoms with van der Waals surface area (Å²) in [7, 11) is 1.33. The van der Waals surface area contributed by atoms with Crippen LogP contribution in [0.15, 0.2) is 47.4 Å². The summed E-state index contributed by atoms with van der Waals surface area (Å²) < 4.78 is 4.65. The van der Waals surface area contributed by atoms with Gasteiger partial charge in [0.1, 0.15) is 11.2 Å². The van der Waals surface area contributed by atoms with Crippen LogP contribution < -0.4 is 5.56 Å². The zero-order chi connectivity index (χ0) is 14.8. The smallest absolute Gasteiger partial charge is 0.337 e. The van der Waals surface area contributed by atoms with Crippen LogP contribution in [0.5, 0.6) is 0 Å². The Balaban J connectivity index is 2.15. The standard InChI is InChI=1S/C15H11N3O3/c1-21-15(20)10-6-4-9(5-7-10)12-13-11(3-2-8-16-13)14(19)18-17-12/h2-8H,1H3,(H,18,19). The van der Waals surface area contributed by atoms with Crippen LogP contribution in [0.2, 0.25) is 0 Å². The number of benzene rings is 1. The van der Waals surface area contributed by atoms with E-state index >= 15 is 0 Å². The van der Waals surface area contributed by atoms with Gasteiger partial charge >= 0.3 is 5.97 Å². The summed E-state index contributed by atoms with van der Waals surface area (Å²) in [5.74, 6) is -0.404. The third-order valence-electron chi connectivity index (χ3n) is 3.13. The molecule has 0 fully saturated rings. The van der Waals surface area contributed by atoms with Crippen LogP contribution in [-0.2, 0) is 4.74 Å². The number of carbonyl (C=O) groups is 1. The summed E-state index contributed by atoms with van der Waals surface area (Å²) in [6, 6.07) is 10.1. The lowest BCUT2D eigenvalue weighted by atomic mass is 10.1. The van der Waals surface area contributed by atoms with Crippen LogP contribution >= 0.6 is 0 Å². The van der Waals surface area contributed by atoms with Crippen molar-refractivity contribution < 1.29 is 9.53 Å². The van der Waals surface area contributed by atoms with Crippen molar-refractivity contribution in [3.05, 3.63) is 58.5 Å². The van der Waals surface area contributed by atoms with Crippen molar-refractivity contribution >= 4 is 16.9 Å². The van der Waals surface area contributed by atoms with Gasteiger partial charge in [-0.25, -0.2) is 9.89 Å². The van der Waals surface area contributed by atoms with Gasteiger partial charge in [-0.15, -0.1) is 0 Å². The molecule has 0 amide bonds. The Morgan fingerprint density at radius 2 is 1.95 bits per heavy atom. The highest BCUT2D eigenvalue weighted by Gasteiger charge is 2.11. The zero-order valence-corrected chi connectivity index (χ0v) is 11.2. The van der Waals surface area contributed by atoms with Crippen molar-refractivity contribution in [3.8, 4) is 11.3 Å². The van der Waals surface area contributed by atoms with Gasteiger partial charge in [0.25, 0.3) is 5.56 Å². The van der Waals surface area contributed by atoms with Crippen LogP contribution in [0.25, 0.3) is 22.2 Å². The van der Waals surface area contributed by atoms with E-state index < -0.39 is 5.97 Å². The van der Waals surface area contributed by atoms with Crippen molar-refractivity contribution in [2.45, 2.75) is 0 Å². The summed E-state index contributed by atoms with van der Waals surface area (Å²) in [6.45, 7) is 0. The number of methoxy groups -OCH3 is 1. The monoisotopic (exact) mass is 281 g/mol. The Kier molecular flexibility index (Phi) is 3.19. The first kappa shape index (κ1) is 13.0. The number of rotatable bonds is 2. The Morgan fingerprint density at radius 3 is 2.67 bits per heavy atom. The predicted octanol–water partition coefficient (Wildman–Crippen LogP) is 1.77. The second kappa shape index (κ2) is 5.16. The molecule has 0 saturated carbocycles. The number of esters is 1. The number of aromatic nitrogens is 3. The number of ether oxygens (including phenoxy) is 1. The first-order valence-electron chi connectivity index (χ1n) is 6.23. The van der Waals surface area contributed by atoms with Crippen LogP contribution in [0.1, 0.15) is 10.4 Å². The molecule has 1 N–H and O–H groups in total. The molecule has 0 bridgehead atoms. The minimum absolute atomic E-state index is 0.284. The Bertz CT molecular complexity index is 869. The van der Waals surface area contributed by atoms with Gasteiger partial charge in [-0.3, -0.25) is 9.78 Å². The van der Waals surface area contributed by atoms with E-state index in [1.807, 2.05) is 0 Å². The topological polar surface area (TPSA) is 84.9 Å². The van der Waals surface area contributed by atoms with E-state index in [1.165, 1.54) is 7.11 Å². The highest BCUT2D eigenvalue weighted by molar-refractivity contribution is 5.92.